The summed E-state index contributed by atoms with van der Waals surface area (Å²) in [5.41, 5.74) is 5.03. The van der Waals surface area contributed by atoms with Gasteiger partial charge in [0.05, 0.1) is 6.10 Å². The second-order valence-corrected chi connectivity index (χ2v) is 7.27. The van der Waals surface area contributed by atoms with Crippen molar-refractivity contribution in [1.82, 2.24) is 5.32 Å². The first-order chi connectivity index (χ1) is 12.2. The van der Waals surface area contributed by atoms with E-state index in [1.165, 1.54) is 22.4 Å². The first-order valence-corrected chi connectivity index (χ1v) is 9.23. The highest BCUT2D eigenvalue weighted by molar-refractivity contribution is 5.76. The second kappa shape index (κ2) is 6.93. The van der Waals surface area contributed by atoms with Gasteiger partial charge in [0.1, 0.15) is 5.75 Å². The summed E-state index contributed by atoms with van der Waals surface area (Å²) in [6, 6.07) is 7.95. The smallest absolute Gasteiger partial charge is 0.115 e. The van der Waals surface area contributed by atoms with Gasteiger partial charge in [-0.15, -0.1) is 0 Å². The Hall–Kier alpha value is -2.26. The maximum Gasteiger partial charge on any atom is 0.115 e. The molecule has 130 valence electrons. The summed E-state index contributed by atoms with van der Waals surface area (Å²) in [6.45, 7) is 0. The van der Waals surface area contributed by atoms with Crippen LogP contribution in [0.1, 0.15) is 37.7 Å². The van der Waals surface area contributed by atoms with Gasteiger partial charge in [0.25, 0.3) is 0 Å². The van der Waals surface area contributed by atoms with Crippen molar-refractivity contribution in [2.24, 2.45) is 5.92 Å². The molecule has 0 aromatic heterocycles. The highest BCUT2D eigenvalue weighted by atomic mass is 16.3. The molecule has 1 aromatic carbocycles. The number of aromatic hydroxyl groups is 1. The predicted octanol–water partition coefficient (Wildman–Crippen LogP) is 4.07. The SMILES string of the molecule is Oc1ccc(C2=CC=C3C=CC(NC4CCC(O)CC4)=CCC32)cc1. The van der Waals surface area contributed by atoms with E-state index in [0.29, 0.717) is 17.7 Å². The number of fused-ring (bicyclic) bond motifs is 1. The zero-order valence-corrected chi connectivity index (χ0v) is 14.4. The van der Waals surface area contributed by atoms with Gasteiger partial charge in [-0.1, -0.05) is 36.4 Å². The van der Waals surface area contributed by atoms with Crippen molar-refractivity contribution in [3.05, 3.63) is 71.5 Å². The van der Waals surface area contributed by atoms with Crippen LogP contribution >= 0.6 is 0 Å². The molecule has 0 heterocycles. The van der Waals surface area contributed by atoms with Gasteiger partial charge in [0, 0.05) is 17.7 Å². The van der Waals surface area contributed by atoms with E-state index >= 15 is 0 Å². The number of rotatable bonds is 3. The highest BCUT2D eigenvalue weighted by Gasteiger charge is 2.24. The maximum atomic E-state index is 9.66. The molecule has 0 radical (unpaired) electrons. The van der Waals surface area contributed by atoms with Crippen molar-refractivity contribution >= 4 is 5.57 Å². The molecular weight excluding hydrogens is 310 g/mol. The van der Waals surface area contributed by atoms with Crippen LogP contribution in [0, 0.1) is 5.92 Å². The lowest BCUT2D eigenvalue weighted by Crippen LogP contribution is -2.33. The summed E-state index contributed by atoms with van der Waals surface area (Å²) >= 11 is 0. The predicted molar refractivity (Wildman–Crippen MR) is 101 cm³/mol. The molecule has 0 saturated heterocycles. The van der Waals surface area contributed by atoms with Crippen molar-refractivity contribution in [1.29, 1.82) is 0 Å². The number of benzene rings is 1. The molecule has 3 nitrogen and oxygen atoms in total. The van der Waals surface area contributed by atoms with Crippen LogP contribution in [0.2, 0.25) is 0 Å². The Labute approximate surface area is 149 Å². The quantitative estimate of drug-likeness (QED) is 0.780. The molecular formula is C22H25NO2. The van der Waals surface area contributed by atoms with Crippen molar-refractivity contribution in [3.63, 3.8) is 0 Å². The Bertz CT molecular complexity index is 747. The molecule has 3 aliphatic carbocycles. The Kier molecular flexibility index (Phi) is 4.50. The molecule has 3 N–H and O–H groups in total. The number of phenols is 1. The minimum atomic E-state index is -0.112. The van der Waals surface area contributed by atoms with Crippen LogP contribution in [0.15, 0.2) is 65.9 Å². The van der Waals surface area contributed by atoms with Gasteiger partial charge in [-0.25, -0.2) is 0 Å². The van der Waals surface area contributed by atoms with E-state index in [9.17, 15) is 10.2 Å². The average molecular weight is 335 g/mol. The van der Waals surface area contributed by atoms with Gasteiger partial charge in [-0.05, 0) is 67.0 Å². The third-order valence-corrected chi connectivity index (χ3v) is 5.53. The largest absolute Gasteiger partial charge is 0.508 e. The molecule has 0 bridgehead atoms. The van der Waals surface area contributed by atoms with Crippen molar-refractivity contribution in [2.75, 3.05) is 0 Å². The van der Waals surface area contributed by atoms with Gasteiger partial charge in [-0.2, -0.15) is 0 Å². The summed E-state index contributed by atoms with van der Waals surface area (Å²) in [7, 11) is 0. The standard InChI is InChI=1S/C22H25NO2/c24-19-9-2-16(3-10-19)21-13-4-15-1-5-17(8-14-22(15)21)23-18-6-11-20(25)12-7-18/h1-5,8-10,13,18,20,22-25H,6-7,11-12,14H2. The Morgan fingerprint density at radius 3 is 2.44 bits per heavy atom. The van der Waals surface area contributed by atoms with Gasteiger partial charge in [-0.3, -0.25) is 0 Å². The number of aliphatic hydroxyl groups is 1. The average Bonchev–Trinajstić information content (AvgIpc) is 2.92. The maximum absolute atomic E-state index is 9.66. The second-order valence-electron chi connectivity index (χ2n) is 7.27. The third-order valence-electron chi connectivity index (χ3n) is 5.53. The number of hydrogen-bond donors (Lipinski definition) is 3. The first-order valence-electron chi connectivity index (χ1n) is 9.23. The van der Waals surface area contributed by atoms with Crippen molar-refractivity contribution in [3.8, 4) is 5.75 Å². The van der Waals surface area contributed by atoms with E-state index in [2.05, 4.69) is 35.7 Å². The molecule has 0 aliphatic heterocycles. The topological polar surface area (TPSA) is 52.5 Å². The molecule has 25 heavy (non-hydrogen) atoms. The van der Waals surface area contributed by atoms with E-state index in [1.54, 1.807) is 12.1 Å². The molecule has 3 heteroatoms. The minimum absolute atomic E-state index is 0.112. The number of aliphatic hydroxyl groups excluding tert-OH is 1. The zero-order valence-electron chi connectivity index (χ0n) is 14.4. The van der Waals surface area contributed by atoms with E-state index in [1.807, 2.05) is 12.1 Å². The van der Waals surface area contributed by atoms with Crippen LogP contribution in [-0.2, 0) is 0 Å². The van der Waals surface area contributed by atoms with Crippen LogP contribution in [-0.4, -0.2) is 22.4 Å². The summed E-state index contributed by atoms with van der Waals surface area (Å²) in [4.78, 5) is 0. The molecule has 0 amide bonds. The van der Waals surface area contributed by atoms with Gasteiger partial charge in [0.2, 0.25) is 0 Å². The fraction of sp³-hybridized carbons (Fsp3) is 0.364. The third kappa shape index (κ3) is 3.57. The van der Waals surface area contributed by atoms with Crippen molar-refractivity contribution in [2.45, 2.75) is 44.2 Å². The fourth-order valence-electron chi connectivity index (χ4n) is 4.05. The van der Waals surface area contributed by atoms with Gasteiger partial charge >= 0.3 is 0 Å². The minimum Gasteiger partial charge on any atom is -0.508 e. The van der Waals surface area contributed by atoms with Crippen LogP contribution in [0.3, 0.4) is 0 Å². The van der Waals surface area contributed by atoms with Gasteiger partial charge in [0.15, 0.2) is 0 Å². The lowest BCUT2D eigenvalue weighted by Gasteiger charge is -2.27. The molecule has 1 aromatic rings. The lowest BCUT2D eigenvalue weighted by atomic mass is 9.88. The number of phenolic OH excluding ortho intramolecular Hbond substituents is 1. The van der Waals surface area contributed by atoms with Crippen LogP contribution in [0.5, 0.6) is 5.75 Å². The Morgan fingerprint density at radius 1 is 0.920 bits per heavy atom. The van der Waals surface area contributed by atoms with Crippen LogP contribution in [0.25, 0.3) is 5.57 Å². The molecule has 1 fully saturated rings. The summed E-state index contributed by atoms with van der Waals surface area (Å²) < 4.78 is 0. The summed E-state index contributed by atoms with van der Waals surface area (Å²) in [5, 5.41) is 22.8. The molecule has 3 aliphatic rings. The number of hydrogen-bond acceptors (Lipinski definition) is 3. The Balaban J connectivity index is 1.45. The first kappa shape index (κ1) is 16.2. The van der Waals surface area contributed by atoms with Crippen molar-refractivity contribution < 1.29 is 10.2 Å². The van der Waals surface area contributed by atoms with Crippen LogP contribution < -0.4 is 5.32 Å². The number of allylic oxidation sites excluding steroid dienone is 7. The Morgan fingerprint density at radius 2 is 1.68 bits per heavy atom. The summed E-state index contributed by atoms with van der Waals surface area (Å²) in [6.07, 6.45) is 15.8. The van der Waals surface area contributed by atoms with Gasteiger partial charge < -0.3 is 15.5 Å². The van der Waals surface area contributed by atoms with Crippen LogP contribution in [0.4, 0.5) is 0 Å². The highest BCUT2D eigenvalue weighted by Crippen LogP contribution is 2.39. The summed E-state index contributed by atoms with van der Waals surface area (Å²) in [5.74, 6) is 0.688. The fourth-order valence-corrected chi connectivity index (χ4v) is 4.05. The number of nitrogens with one attached hydrogen (secondary N) is 1. The molecule has 1 atom stereocenters. The monoisotopic (exact) mass is 335 g/mol. The zero-order chi connectivity index (χ0) is 17.2. The van der Waals surface area contributed by atoms with E-state index in [-0.39, 0.29) is 6.10 Å². The lowest BCUT2D eigenvalue weighted by molar-refractivity contribution is 0.119. The molecule has 1 saturated carbocycles. The van der Waals surface area contributed by atoms with E-state index < -0.39 is 0 Å². The molecule has 4 rings (SSSR count). The normalized spacial score (nSPS) is 28.5. The van der Waals surface area contributed by atoms with E-state index in [0.717, 1.165) is 32.1 Å². The van der Waals surface area contributed by atoms with E-state index in [4.69, 9.17) is 0 Å². The molecule has 0 spiro atoms. The molecule has 1 unspecified atom stereocenters.